The quantitative estimate of drug-likeness (QED) is 0.813. The maximum Gasteiger partial charge on any atom is 0.179 e. The summed E-state index contributed by atoms with van der Waals surface area (Å²) in [6.45, 7) is 5.03. The molecule has 0 aliphatic carbocycles. The molecule has 3 nitrogen and oxygen atoms in total. The first-order valence-corrected chi connectivity index (χ1v) is 5.89. The van der Waals surface area contributed by atoms with Crippen LogP contribution in [0.4, 0.5) is 0 Å². The van der Waals surface area contributed by atoms with E-state index in [1.807, 2.05) is 0 Å². The molecule has 1 aromatic carbocycles. The molecule has 17 heavy (non-hydrogen) atoms. The van der Waals surface area contributed by atoms with Gasteiger partial charge in [-0.2, -0.15) is 0 Å². The zero-order chi connectivity index (χ0) is 13.1. The molecule has 0 spiro atoms. The van der Waals surface area contributed by atoms with Crippen molar-refractivity contribution < 1.29 is 9.90 Å². The van der Waals surface area contributed by atoms with Gasteiger partial charge in [0.1, 0.15) is 0 Å². The Morgan fingerprint density at radius 3 is 2.71 bits per heavy atom. The highest BCUT2D eigenvalue weighted by Crippen LogP contribution is 2.13. The van der Waals surface area contributed by atoms with E-state index in [1.165, 1.54) is 0 Å². The van der Waals surface area contributed by atoms with Gasteiger partial charge in [-0.05, 0) is 38.4 Å². The van der Waals surface area contributed by atoms with Crippen LogP contribution in [-0.2, 0) is 0 Å². The van der Waals surface area contributed by atoms with Crippen LogP contribution in [0.5, 0.6) is 0 Å². The van der Waals surface area contributed by atoms with E-state index in [1.54, 1.807) is 45.0 Å². The molecule has 0 heterocycles. The molecule has 1 aromatic rings. The second kappa shape index (κ2) is 5.63. The molecule has 94 valence electrons. The highest BCUT2D eigenvalue weighted by atomic mass is 35.5. The third-order valence-electron chi connectivity index (χ3n) is 2.47. The fourth-order valence-corrected chi connectivity index (χ4v) is 1.78. The lowest BCUT2D eigenvalue weighted by Gasteiger charge is -2.32. The lowest BCUT2D eigenvalue weighted by atomic mass is 10.0. The fraction of sp³-hybridized carbons (Fsp3) is 0.462. The molecule has 1 rings (SSSR count). The molecule has 1 N–H and O–H groups in total. The largest absolute Gasteiger partial charge is 0.853 e. The first-order valence-electron chi connectivity index (χ1n) is 5.51. The van der Waals surface area contributed by atoms with Gasteiger partial charge in [0.15, 0.2) is 5.78 Å². The summed E-state index contributed by atoms with van der Waals surface area (Å²) >= 11 is 5.83. The molecule has 0 saturated carbocycles. The fourth-order valence-electron chi connectivity index (χ4n) is 1.59. The van der Waals surface area contributed by atoms with Gasteiger partial charge in [0.25, 0.3) is 0 Å². The maximum atomic E-state index is 12.1. The van der Waals surface area contributed by atoms with Gasteiger partial charge in [-0.25, -0.2) is 0 Å². The summed E-state index contributed by atoms with van der Waals surface area (Å²) in [4.78, 5) is 12.1. The summed E-state index contributed by atoms with van der Waals surface area (Å²) in [5.74, 6) is -0.0611. The first kappa shape index (κ1) is 14.2. The van der Waals surface area contributed by atoms with E-state index >= 15 is 0 Å². The number of halogens is 1. The Kier molecular flexibility index (Phi) is 4.69. The number of Topliss-reactive ketones (excluding diaryl/α,β-unsaturated/α-hetero) is 1. The summed E-state index contributed by atoms with van der Waals surface area (Å²) in [6.07, 6.45) is 0. The van der Waals surface area contributed by atoms with Crippen LogP contribution in [0.1, 0.15) is 31.1 Å². The highest BCUT2D eigenvalue weighted by Gasteiger charge is 2.21. The van der Waals surface area contributed by atoms with Crippen LogP contribution in [-0.4, -0.2) is 24.0 Å². The Balaban J connectivity index is 2.77. The van der Waals surface area contributed by atoms with E-state index in [0.29, 0.717) is 10.6 Å². The van der Waals surface area contributed by atoms with E-state index in [2.05, 4.69) is 5.32 Å². The van der Waals surface area contributed by atoms with Crippen LogP contribution in [0.2, 0.25) is 5.02 Å². The van der Waals surface area contributed by atoms with Crippen LogP contribution in [0.3, 0.4) is 0 Å². The Hall–Kier alpha value is -0.900. The smallest absolute Gasteiger partial charge is 0.179 e. The second-order valence-corrected chi connectivity index (χ2v) is 5.21. The number of rotatable bonds is 5. The summed E-state index contributed by atoms with van der Waals surface area (Å²) in [6, 6.07) is 6.40. The minimum absolute atomic E-state index is 0.0611. The van der Waals surface area contributed by atoms with Gasteiger partial charge in [-0.1, -0.05) is 23.7 Å². The number of carbonyl (C=O) groups is 1. The average Bonchev–Trinajstić information content (AvgIpc) is 2.27. The zero-order valence-electron chi connectivity index (χ0n) is 10.3. The predicted molar refractivity (Wildman–Crippen MR) is 67.3 cm³/mol. The molecule has 0 bridgehead atoms. The van der Waals surface area contributed by atoms with Gasteiger partial charge < -0.3 is 10.4 Å². The first-order chi connectivity index (χ1) is 7.85. The van der Waals surface area contributed by atoms with Crippen molar-refractivity contribution in [2.45, 2.75) is 32.4 Å². The van der Waals surface area contributed by atoms with Crippen molar-refractivity contribution in [1.82, 2.24) is 5.32 Å². The Bertz CT molecular complexity index is 404. The normalized spacial score (nSPS) is 13.5. The standard InChI is InChI=1S/C13H17ClNO2/c1-9(15-13(2,3)8-16)12(17)10-5-4-6-11(14)7-10/h4-7,9,15H,8H2,1-3H3/q-1. The van der Waals surface area contributed by atoms with E-state index in [0.717, 1.165) is 0 Å². The third kappa shape index (κ3) is 4.11. The van der Waals surface area contributed by atoms with Crippen LogP contribution in [0, 0.1) is 0 Å². The maximum absolute atomic E-state index is 12.1. The molecular weight excluding hydrogens is 238 g/mol. The average molecular weight is 255 g/mol. The van der Waals surface area contributed by atoms with Crippen molar-refractivity contribution in [3.8, 4) is 0 Å². The summed E-state index contributed by atoms with van der Waals surface area (Å²) in [5.41, 5.74) is -0.0348. The number of hydrogen-bond acceptors (Lipinski definition) is 3. The molecule has 1 unspecified atom stereocenters. The van der Waals surface area contributed by atoms with E-state index < -0.39 is 11.6 Å². The Labute approximate surface area is 107 Å². The molecule has 0 aliphatic rings. The molecule has 0 saturated heterocycles. The topological polar surface area (TPSA) is 52.2 Å². The molecule has 0 aromatic heterocycles. The molecule has 1 atom stereocenters. The molecule has 4 heteroatoms. The molecule has 0 fully saturated rings. The number of benzene rings is 1. The van der Waals surface area contributed by atoms with Crippen LogP contribution in [0.25, 0.3) is 0 Å². The van der Waals surface area contributed by atoms with Gasteiger partial charge in [-0.15, -0.1) is 6.61 Å². The predicted octanol–water partition coefficient (Wildman–Crippen LogP) is 1.64. The highest BCUT2D eigenvalue weighted by molar-refractivity contribution is 6.31. The molecule has 0 amide bonds. The van der Waals surface area contributed by atoms with Crippen LogP contribution < -0.4 is 10.4 Å². The minimum atomic E-state index is -0.590. The zero-order valence-corrected chi connectivity index (χ0v) is 11.0. The molecule has 0 radical (unpaired) electrons. The monoisotopic (exact) mass is 254 g/mol. The number of carbonyl (C=O) groups excluding carboxylic acids is 1. The van der Waals surface area contributed by atoms with Crippen molar-refractivity contribution in [2.24, 2.45) is 0 Å². The van der Waals surface area contributed by atoms with Gasteiger partial charge in [0.05, 0.1) is 6.04 Å². The van der Waals surface area contributed by atoms with E-state index in [9.17, 15) is 9.90 Å². The summed E-state index contributed by atoms with van der Waals surface area (Å²) in [7, 11) is 0. The van der Waals surface area contributed by atoms with Gasteiger partial charge in [0.2, 0.25) is 0 Å². The number of hydrogen-bond donors (Lipinski definition) is 1. The summed E-state index contributed by atoms with van der Waals surface area (Å²) < 4.78 is 0. The van der Waals surface area contributed by atoms with Crippen molar-refractivity contribution >= 4 is 17.4 Å². The number of ketones is 1. The minimum Gasteiger partial charge on any atom is -0.853 e. The van der Waals surface area contributed by atoms with E-state index in [4.69, 9.17) is 11.6 Å². The summed E-state index contributed by atoms with van der Waals surface area (Å²) in [5, 5.41) is 14.5. The van der Waals surface area contributed by atoms with Gasteiger partial charge in [0, 0.05) is 10.6 Å². The molecular formula is C13H17ClNO2-. The van der Waals surface area contributed by atoms with E-state index in [-0.39, 0.29) is 12.4 Å². The lowest BCUT2D eigenvalue weighted by Crippen LogP contribution is -2.53. The third-order valence-corrected chi connectivity index (χ3v) is 2.71. The van der Waals surface area contributed by atoms with Crippen LogP contribution in [0.15, 0.2) is 24.3 Å². The van der Waals surface area contributed by atoms with Crippen molar-refractivity contribution in [3.63, 3.8) is 0 Å². The SMILES string of the molecule is CC(NC(C)(C)C[O-])C(=O)c1cccc(Cl)c1. The van der Waals surface area contributed by atoms with Crippen molar-refractivity contribution in [2.75, 3.05) is 6.61 Å². The van der Waals surface area contributed by atoms with Gasteiger partial charge in [-0.3, -0.25) is 4.79 Å². The number of nitrogens with one attached hydrogen (secondary N) is 1. The second-order valence-electron chi connectivity index (χ2n) is 4.77. The Morgan fingerprint density at radius 1 is 1.53 bits per heavy atom. The van der Waals surface area contributed by atoms with Crippen molar-refractivity contribution in [3.05, 3.63) is 34.9 Å². The lowest BCUT2D eigenvalue weighted by molar-refractivity contribution is -0.381. The van der Waals surface area contributed by atoms with Crippen LogP contribution >= 0.6 is 11.6 Å². The van der Waals surface area contributed by atoms with Gasteiger partial charge >= 0.3 is 0 Å². The molecule has 0 aliphatic heterocycles. The Morgan fingerprint density at radius 2 is 2.18 bits per heavy atom. The van der Waals surface area contributed by atoms with Crippen molar-refractivity contribution in [1.29, 1.82) is 0 Å².